The van der Waals surface area contributed by atoms with Gasteiger partial charge in [-0.3, -0.25) is 0 Å². The van der Waals surface area contributed by atoms with E-state index in [1.54, 1.807) is 0 Å². The van der Waals surface area contributed by atoms with E-state index in [2.05, 4.69) is 18.8 Å². The quantitative estimate of drug-likeness (QED) is 0.808. The number of aliphatic hydroxyl groups is 1. The number of hydrogen-bond donors (Lipinski definition) is 1. The molecule has 2 aliphatic rings. The summed E-state index contributed by atoms with van der Waals surface area (Å²) in [6.45, 7) is 6.80. The maximum atomic E-state index is 10.2. The molecular weight excluding hydrogens is 256 g/mol. The number of ether oxygens (including phenoxy) is 3. The van der Waals surface area contributed by atoms with Gasteiger partial charge in [0.2, 0.25) is 5.79 Å². The summed E-state index contributed by atoms with van der Waals surface area (Å²) in [5.41, 5.74) is 0. The minimum absolute atomic E-state index is 0.00505. The van der Waals surface area contributed by atoms with E-state index >= 15 is 0 Å². The highest BCUT2D eigenvalue weighted by atomic mass is 16.7. The molecule has 2 heterocycles. The van der Waals surface area contributed by atoms with E-state index in [1.807, 2.05) is 13.8 Å². The van der Waals surface area contributed by atoms with Gasteiger partial charge in [0.25, 0.3) is 0 Å². The topological polar surface area (TPSA) is 47.9 Å². The van der Waals surface area contributed by atoms with E-state index in [9.17, 15) is 5.11 Å². The largest absolute Gasteiger partial charge is 0.356 e. The molecule has 0 aromatic rings. The van der Waals surface area contributed by atoms with Crippen molar-refractivity contribution in [3.05, 3.63) is 0 Å². The molecule has 0 aromatic heterocycles. The molecule has 2 fully saturated rings. The van der Waals surface area contributed by atoms with Crippen LogP contribution < -0.4 is 0 Å². The van der Waals surface area contributed by atoms with Crippen molar-refractivity contribution >= 4 is 0 Å². The Morgan fingerprint density at radius 3 is 2.80 bits per heavy atom. The summed E-state index contributed by atoms with van der Waals surface area (Å²) < 4.78 is 16.8. The van der Waals surface area contributed by atoms with Gasteiger partial charge in [-0.05, 0) is 44.9 Å². The summed E-state index contributed by atoms with van der Waals surface area (Å²) in [5.74, 6) is 4.90. The van der Waals surface area contributed by atoms with E-state index in [-0.39, 0.29) is 18.5 Å². The first-order valence-electron chi connectivity index (χ1n) is 7.66. The van der Waals surface area contributed by atoms with Crippen molar-refractivity contribution in [1.82, 2.24) is 0 Å². The molecule has 5 atom stereocenters. The SMILES string of the molecule is C[C@@H]1OC(O)(C#CC[C@H](C)OC2CCCCO2)C[C@@H]1C. The molecule has 0 radical (unpaired) electrons. The Hall–Kier alpha value is -0.600. The first kappa shape index (κ1) is 15.8. The minimum Gasteiger partial charge on any atom is -0.356 e. The maximum absolute atomic E-state index is 10.2. The molecule has 114 valence electrons. The van der Waals surface area contributed by atoms with Crippen molar-refractivity contribution in [2.75, 3.05) is 6.61 Å². The molecule has 1 N–H and O–H groups in total. The first-order valence-corrected chi connectivity index (χ1v) is 7.66. The van der Waals surface area contributed by atoms with Gasteiger partial charge in [0.15, 0.2) is 6.29 Å². The highest BCUT2D eigenvalue weighted by Crippen LogP contribution is 2.32. The second kappa shape index (κ2) is 6.91. The summed E-state index contributed by atoms with van der Waals surface area (Å²) in [6.07, 6.45) is 4.35. The molecule has 0 bridgehead atoms. The predicted octanol–water partition coefficient (Wildman–Crippen LogP) is 2.45. The van der Waals surface area contributed by atoms with E-state index in [1.165, 1.54) is 0 Å². The number of hydrogen-bond acceptors (Lipinski definition) is 4. The molecule has 2 aliphatic heterocycles. The fourth-order valence-corrected chi connectivity index (χ4v) is 2.61. The molecule has 4 nitrogen and oxygen atoms in total. The van der Waals surface area contributed by atoms with E-state index in [0.29, 0.717) is 18.8 Å². The van der Waals surface area contributed by atoms with Gasteiger partial charge >= 0.3 is 0 Å². The summed E-state index contributed by atoms with van der Waals surface area (Å²) >= 11 is 0. The van der Waals surface area contributed by atoms with Crippen LogP contribution in [0.15, 0.2) is 0 Å². The lowest BCUT2D eigenvalue weighted by Crippen LogP contribution is -2.27. The lowest BCUT2D eigenvalue weighted by Gasteiger charge is -2.25. The van der Waals surface area contributed by atoms with Crippen molar-refractivity contribution in [3.8, 4) is 11.8 Å². The smallest absolute Gasteiger partial charge is 0.231 e. The summed E-state index contributed by atoms with van der Waals surface area (Å²) in [6, 6.07) is 0. The lowest BCUT2D eigenvalue weighted by atomic mass is 10.0. The van der Waals surface area contributed by atoms with Gasteiger partial charge < -0.3 is 19.3 Å². The van der Waals surface area contributed by atoms with Gasteiger partial charge in [0.05, 0.1) is 12.2 Å². The van der Waals surface area contributed by atoms with Crippen LogP contribution in [0.1, 0.15) is 52.9 Å². The number of rotatable bonds is 3. The Kier molecular flexibility index (Phi) is 5.45. The van der Waals surface area contributed by atoms with Gasteiger partial charge in [-0.25, -0.2) is 0 Å². The van der Waals surface area contributed by atoms with Crippen molar-refractivity contribution < 1.29 is 19.3 Å². The Bertz CT molecular complexity index is 354. The second-order valence-corrected chi connectivity index (χ2v) is 6.04. The molecule has 0 saturated carbocycles. The standard InChI is InChI=1S/C16H26O4/c1-12-11-16(17,20-14(12)3)9-6-7-13(2)19-15-8-4-5-10-18-15/h12-15,17H,4-5,7-8,10-11H2,1-3H3/t12-,13-,14-,15?,16?/m0/s1. The fourth-order valence-electron chi connectivity index (χ4n) is 2.61. The maximum Gasteiger partial charge on any atom is 0.231 e. The van der Waals surface area contributed by atoms with Crippen molar-refractivity contribution in [1.29, 1.82) is 0 Å². The Balaban J connectivity index is 1.75. The van der Waals surface area contributed by atoms with Crippen LogP contribution in [-0.2, 0) is 14.2 Å². The highest BCUT2D eigenvalue weighted by Gasteiger charge is 2.39. The zero-order valence-electron chi connectivity index (χ0n) is 12.7. The first-order chi connectivity index (χ1) is 9.48. The highest BCUT2D eigenvalue weighted by molar-refractivity contribution is 5.12. The molecule has 4 heteroatoms. The Morgan fingerprint density at radius 2 is 2.20 bits per heavy atom. The third-order valence-corrected chi connectivity index (χ3v) is 3.98. The molecule has 2 rings (SSSR count). The average Bonchev–Trinajstić information content (AvgIpc) is 2.64. The summed E-state index contributed by atoms with van der Waals surface area (Å²) in [7, 11) is 0. The van der Waals surface area contributed by atoms with Crippen LogP contribution in [0.3, 0.4) is 0 Å². The molecule has 0 amide bonds. The van der Waals surface area contributed by atoms with Crippen LogP contribution in [0.2, 0.25) is 0 Å². The third-order valence-electron chi connectivity index (χ3n) is 3.98. The average molecular weight is 282 g/mol. The van der Waals surface area contributed by atoms with Crippen molar-refractivity contribution in [3.63, 3.8) is 0 Å². The van der Waals surface area contributed by atoms with Crippen LogP contribution in [0.25, 0.3) is 0 Å². The van der Waals surface area contributed by atoms with Crippen LogP contribution in [0.4, 0.5) is 0 Å². The van der Waals surface area contributed by atoms with E-state index in [4.69, 9.17) is 14.2 Å². The minimum atomic E-state index is -1.28. The third kappa shape index (κ3) is 4.46. The summed E-state index contributed by atoms with van der Waals surface area (Å²) in [4.78, 5) is 0. The predicted molar refractivity (Wildman–Crippen MR) is 75.8 cm³/mol. The van der Waals surface area contributed by atoms with Gasteiger partial charge in [-0.2, -0.15) is 0 Å². The van der Waals surface area contributed by atoms with Crippen molar-refractivity contribution in [2.24, 2.45) is 5.92 Å². The van der Waals surface area contributed by atoms with Crippen molar-refractivity contribution in [2.45, 2.75) is 77.2 Å². The Labute approximate surface area is 121 Å². The molecule has 0 aromatic carbocycles. The van der Waals surface area contributed by atoms with Crippen LogP contribution >= 0.6 is 0 Å². The normalized spacial score (nSPS) is 39.1. The van der Waals surface area contributed by atoms with Gasteiger partial charge in [-0.1, -0.05) is 12.8 Å². The zero-order valence-corrected chi connectivity index (χ0v) is 12.7. The second-order valence-electron chi connectivity index (χ2n) is 6.04. The van der Waals surface area contributed by atoms with Crippen LogP contribution in [0, 0.1) is 17.8 Å². The molecule has 2 saturated heterocycles. The van der Waals surface area contributed by atoms with Gasteiger partial charge in [-0.15, -0.1) is 0 Å². The van der Waals surface area contributed by atoms with Gasteiger partial charge in [0.1, 0.15) is 0 Å². The molecule has 0 aliphatic carbocycles. The van der Waals surface area contributed by atoms with Gasteiger partial charge in [0, 0.05) is 19.4 Å². The molecule has 20 heavy (non-hydrogen) atoms. The molecular formula is C16H26O4. The lowest BCUT2D eigenvalue weighted by molar-refractivity contribution is -0.183. The monoisotopic (exact) mass is 282 g/mol. The zero-order chi connectivity index (χ0) is 14.6. The van der Waals surface area contributed by atoms with Crippen LogP contribution in [-0.4, -0.2) is 36.0 Å². The molecule has 0 spiro atoms. The Morgan fingerprint density at radius 1 is 1.40 bits per heavy atom. The fraction of sp³-hybridized carbons (Fsp3) is 0.875. The summed E-state index contributed by atoms with van der Waals surface area (Å²) in [5, 5.41) is 10.2. The molecule has 2 unspecified atom stereocenters. The van der Waals surface area contributed by atoms with E-state index in [0.717, 1.165) is 25.9 Å². The van der Waals surface area contributed by atoms with Crippen LogP contribution in [0.5, 0.6) is 0 Å². The van der Waals surface area contributed by atoms with E-state index < -0.39 is 5.79 Å².